The van der Waals surface area contributed by atoms with Gasteiger partial charge in [0.15, 0.2) is 0 Å². The lowest BCUT2D eigenvalue weighted by Gasteiger charge is -2.15. The van der Waals surface area contributed by atoms with Crippen LogP contribution in [-0.4, -0.2) is 41.1 Å². The summed E-state index contributed by atoms with van der Waals surface area (Å²) in [6, 6.07) is 14.9. The first-order chi connectivity index (χ1) is 17.9. The van der Waals surface area contributed by atoms with Crippen molar-refractivity contribution in [2.24, 2.45) is 0 Å². The van der Waals surface area contributed by atoms with Crippen LogP contribution in [0.4, 0.5) is 22.9 Å². The molecule has 2 N–H and O–H groups in total. The Morgan fingerprint density at radius 1 is 1.16 bits per heavy atom. The first kappa shape index (κ1) is 25.8. The van der Waals surface area contributed by atoms with E-state index in [0.29, 0.717) is 43.9 Å². The normalized spacial score (nSPS) is 10.5. The van der Waals surface area contributed by atoms with Gasteiger partial charge in [0.05, 0.1) is 26.3 Å². The minimum atomic E-state index is -0.538. The molecule has 0 aliphatic heterocycles. The number of amides is 1. The van der Waals surface area contributed by atoms with Gasteiger partial charge in [0.1, 0.15) is 24.5 Å². The molecule has 3 aromatic carbocycles. The van der Waals surface area contributed by atoms with Crippen molar-refractivity contribution in [2.75, 3.05) is 31.0 Å². The highest BCUT2D eigenvalue weighted by Crippen LogP contribution is 2.34. The van der Waals surface area contributed by atoms with Crippen LogP contribution in [0, 0.1) is 26.0 Å². The number of terminal acetylenes is 1. The molecule has 10 nitrogen and oxygen atoms in total. The van der Waals surface area contributed by atoms with E-state index in [9.17, 15) is 14.9 Å². The van der Waals surface area contributed by atoms with Crippen molar-refractivity contribution in [3.05, 3.63) is 85.7 Å². The largest absolute Gasteiger partial charge is 0.489 e. The molecule has 186 valence electrons. The average molecular weight is 609 g/mol. The second-order valence-corrected chi connectivity index (χ2v) is 8.82. The van der Waals surface area contributed by atoms with Crippen molar-refractivity contribution in [1.82, 2.24) is 9.97 Å². The summed E-state index contributed by atoms with van der Waals surface area (Å²) in [5.74, 6) is 2.90. The predicted octanol–water partition coefficient (Wildman–Crippen LogP) is 5.15. The van der Waals surface area contributed by atoms with Crippen LogP contribution in [0.2, 0.25) is 0 Å². The van der Waals surface area contributed by atoms with E-state index < -0.39 is 10.8 Å². The molecule has 0 saturated heterocycles. The Hall–Kier alpha value is -4.28. The second kappa shape index (κ2) is 11.6. The van der Waals surface area contributed by atoms with Crippen molar-refractivity contribution < 1.29 is 19.2 Å². The average Bonchev–Trinajstić information content (AvgIpc) is 2.89. The lowest BCUT2D eigenvalue weighted by Crippen LogP contribution is -2.14. The van der Waals surface area contributed by atoms with Crippen LogP contribution in [0.15, 0.2) is 60.9 Å². The maximum absolute atomic E-state index is 13.1. The van der Waals surface area contributed by atoms with Crippen LogP contribution >= 0.6 is 22.6 Å². The molecule has 11 heteroatoms. The molecule has 0 aliphatic rings. The van der Waals surface area contributed by atoms with Crippen molar-refractivity contribution in [2.45, 2.75) is 0 Å². The van der Waals surface area contributed by atoms with Crippen LogP contribution in [0.5, 0.6) is 5.75 Å². The van der Waals surface area contributed by atoms with E-state index in [2.05, 4.69) is 26.5 Å². The molecular formula is C26H20IN5O5. The Bertz CT molecular complexity index is 1540. The molecule has 0 spiro atoms. The van der Waals surface area contributed by atoms with E-state index in [1.54, 1.807) is 19.2 Å². The van der Waals surface area contributed by atoms with E-state index in [4.69, 9.17) is 15.9 Å². The quantitative estimate of drug-likeness (QED) is 0.0878. The third-order valence-electron chi connectivity index (χ3n) is 5.23. The fourth-order valence-corrected chi connectivity index (χ4v) is 3.98. The first-order valence-electron chi connectivity index (χ1n) is 10.9. The molecule has 0 atom stereocenters. The highest BCUT2D eigenvalue weighted by Gasteiger charge is 2.18. The molecule has 1 heterocycles. The van der Waals surface area contributed by atoms with Gasteiger partial charge in [-0.05, 0) is 59.0 Å². The molecular weight excluding hydrogens is 589 g/mol. The Labute approximate surface area is 225 Å². The van der Waals surface area contributed by atoms with E-state index in [1.165, 1.54) is 24.5 Å². The number of rotatable bonds is 9. The van der Waals surface area contributed by atoms with Gasteiger partial charge in [-0.1, -0.05) is 12.0 Å². The summed E-state index contributed by atoms with van der Waals surface area (Å²) < 4.78 is 11.3. The number of nitro benzene ring substituents is 1. The van der Waals surface area contributed by atoms with E-state index in [-0.39, 0.29) is 17.9 Å². The molecule has 0 unspecified atom stereocenters. The van der Waals surface area contributed by atoms with Crippen LogP contribution in [0.1, 0.15) is 15.9 Å². The number of fused-ring (bicyclic) bond motifs is 1. The van der Waals surface area contributed by atoms with E-state index in [0.717, 1.165) is 5.69 Å². The van der Waals surface area contributed by atoms with Gasteiger partial charge in [0, 0.05) is 41.4 Å². The number of nitro groups is 1. The van der Waals surface area contributed by atoms with Crippen molar-refractivity contribution >= 4 is 62.3 Å². The molecule has 37 heavy (non-hydrogen) atoms. The molecule has 1 aromatic heterocycles. The van der Waals surface area contributed by atoms with Crippen LogP contribution in [0.3, 0.4) is 0 Å². The van der Waals surface area contributed by atoms with Gasteiger partial charge < -0.3 is 20.1 Å². The fraction of sp³-hybridized carbons (Fsp3) is 0.115. The number of aromatic nitrogens is 2. The number of anilines is 3. The zero-order chi connectivity index (χ0) is 26.4. The zero-order valence-electron chi connectivity index (χ0n) is 19.5. The lowest BCUT2D eigenvalue weighted by molar-refractivity contribution is -0.385. The maximum Gasteiger partial charge on any atom is 0.283 e. The summed E-state index contributed by atoms with van der Waals surface area (Å²) in [6.45, 7) is 0.561. The second-order valence-electron chi connectivity index (χ2n) is 7.66. The van der Waals surface area contributed by atoms with Crippen molar-refractivity contribution in [3.63, 3.8) is 0 Å². The molecule has 4 aromatic rings. The SMILES string of the molecule is C#Cc1cccc(Nc2ncnc3cc(OCCOC)c(NC(=O)c4ccc(I)c([N+](=O)[O-])c4)cc23)c1. The highest BCUT2D eigenvalue weighted by atomic mass is 127. The van der Waals surface area contributed by atoms with E-state index >= 15 is 0 Å². The van der Waals surface area contributed by atoms with Gasteiger partial charge in [-0.2, -0.15) is 0 Å². The number of nitrogens with zero attached hydrogens (tertiary/aromatic N) is 3. The third-order valence-corrected chi connectivity index (χ3v) is 6.14. The Morgan fingerprint density at radius 3 is 2.76 bits per heavy atom. The number of carbonyl (C=O) groups excluding carboxylic acids is 1. The zero-order valence-corrected chi connectivity index (χ0v) is 21.7. The van der Waals surface area contributed by atoms with Crippen LogP contribution in [-0.2, 0) is 4.74 Å². The monoisotopic (exact) mass is 609 g/mol. The fourth-order valence-electron chi connectivity index (χ4n) is 3.45. The van der Waals surface area contributed by atoms with Gasteiger partial charge >= 0.3 is 0 Å². The Morgan fingerprint density at radius 2 is 2.00 bits per heavy atom. The number of halogens is 1. The molecule has 0 radical (unpaired) electrons. The third kappa shape index (κ3) is 6.11. The smallest absolute Gasteiger partial charge is 0.283 e. The molecule has 1 amide bonds. The molecule has 4 rings (SSSR count). The number of hydrogen-bond acceptors (Lipinski definition) is 8. The van der Waals surface area contributed by atoms with Gasteiger partial charge in [-0.3, -0.25) is 14.9 Å². The summed E-state index contributed by atoms with van der Waals surface area (Å²) in [5.41, 5.74) is 2.32. The predicted molar refractivity (Wildman–Crippen MR) is 148 cm³/mol. The Kier molecular flexibility index (Phi) is 8.11. The van der Waals surface area contributed by atoms with Crippen molar-refractivity contribution in [1.29, 1.82) is 0 Å². The molecule has 0 bridgehead atoms. The standard InChI is InChI=1S/C26H20IN5O5/c1-3-16-5-4-6-18(11-16)30-25-19-13-22(24(37-10-9-36-2)14-21(19)28-15-29-25)31-26(33)17-7-8-20(27)23(12-17)32(34)35/h1,4-8,11-15H,9-10H2,2H3,(H,31,33)(H,28,29,30). The van der Waals surface area contributed by atoms with Crippen molar-refractivity contribution in [3.8, 4) is 18.1 Å². The summed E-state index contributed by atoms with van der Waals surface area (Å²) in [4.78, 5) is 32.6. The minimum Gasteiger partial charge on any atom is -0.489 e. The summed E-state index contributed by atoms with van der Waals surface area (Å²) in [6.07, 6.45) is 6.93. The maximum atomic E-state index is 13.1. The number of carbonyl (C=O) groups is 1. The van der Waals surface area contributed by atoms with Gasteiger partial charge in [0.2, 0.25) is 0 Å². The summed E-state index contributed by atoms with van der Waals surface area (Å²) in [7, 11) is 1.55. The number of benzene rings is 3. The topological polar surface area (TPSA) is 129 Å². The number of nitrogens with one attached hydrogen (secondary N) is 2. The number of hydrogen-bond donors (Lipinski definition) is 2. The number of methoxy groups -OCH3 is 1. The lowest BCUT2D eigenvalue weighted by atomic mass is 10.1. The van der Waals surface area contributed by atoms with Gasteiger partial charge in [0.25, 0.3) is 11.6 Å². The minimum absolute atomic E-state index is 0.129. The van der Waals surface area contributed by atoms with Crippen LogP contribution in [0.25, 0.3) is 10.9 Å². The molecule has 0 fully saturated rings. The van der Waals surface area contributed by atoms with Gasteiger partial charge in [-0.25, -0.2) is 9.97 Å². The summed E-state index contributed by atoms with van der Waals surface area (Å²) >= 11 is 1.85. The number of ether oxygens (including phenoxy) is 2. The summed E-state index contributed by atoms with van der Waals surface area (Å²) in [5, 5.41) is 18.0. The highest BCUT2D eigenvalue weighted by molar-refractivity contribution is 14.1. The van der Waals surface area contributed by atoms with E-state index in [1.807, 2.05) is 46.9 Å². The molecule has 0 aliphatic carbocycles. The Balaban J connectivity index is 1.73. The van der Waals surface area contributed by atoms with Crippen LogP contribution < -0.4 is 15.4 Å². The van der Waals surface area contributed by atoms with Gasteiger partial charge in [-0.15, -0.1) is 6.42 Å². The molecule has 0 saturated carbocycles. The first-order valence-corrected chi connectivity index (χ1v) is 12.0.